The SMILES string of the molecule is C#CCNCc1ncccc1C. The van der Waals surface area contributed by atoms with Crippen molar-refractivity contribution < 1.29 is 0 Å². The molecule has 2 heteroatoms. The smallest absolute Gasteiger partial charge is 0.0576 e. The zero-order valence-electron chi connectivity index (χ0n) is 7.17. The van der Waals surface area contributed by atoms with Gasteiger partial charge in [0.05, 0.1) is 12.2 Å². The summed E-state index contributed by atoms with van der Waals surface area (Å²) in [6.45, 7) is 3.38. The summed E-state index contributed by atoms with van der Waals surface area (Å²) in [7, 11) is 0. The van der Waals surface area contributed by atoms with Crippen molar-refractivity contribution in [1.82, 2.24) is 10.3 Å². The summed E-state index contributed by atoms with van der Waals surface area (Å²) in [5.74, 6) is 2.52. The van der Waals surface area contributed by atoms with Crippen molar-refractivity contribution in [2.24, 2.45) is 0 Å². The highest BCUT2D eigenvalue weighted by molar-refractivity contribution is 5.17. The van der Waals surface area contributed by atoms with Crippen LogP contribution in [-0.2, 0) is 6.54 Å². The Hall–Kier alpha value is -1.33. The molecule has 0 aliphatic heterocycles. The first-order valence-corrected chi connectivity index (χ1v) is 3.89. The highest BCUT2D eigenvalue weighted by Gasteiger charge is 1.95. The molecule has 0 spiro atoms. The van der Waals surface area contributed by atoms with Gasteiger partial charge in [0, 0.05) is 12.7 Å². The zero-order valence-corrected chi connectivity index (χ0v) is 7.17. The van der Waals surface area contributed by atoms with Crippen molar-refractivity contribution in [2.45, 2.75) is 13.5 Å². The fourth-order valence-corrected chi connectivity index (χ4v) is 0.957. The number of terminal acetylenes is 1. The standard InChI is InChI=1S/C10H12N2/c1-3-6-11-8-10-9(2)5-4-7-12-10/h1,4-5,7,11H,6,8H2,2H3. The minimum Gasteiger partial charge on any atom is -0.301 e. The molecule has 0 atom stereocenters. The second kappa shape index (κ2) is 4.53. The van der Waals surface area contributed by atoms with E-state index in [1.54, 1.807) is 6.20 Å². The van der Waals surface area contributed by atoms with Gasteiger partial charge in [0.2, 0.25) is 0 Å². The van der Waals surface area contributed by atoms with E-state index in [4.69, 9.17) is 6.42 Å². The molecule has 0 amide bonds. The van der Waals surface area contributed by atoms with Crippen molar-refractivity contribution in [3.05, 3.63) is 29.6 Å². The maximum absolute atomic E-state index is 5.10. The molecule has 0 saturated carbocycles. The van der Waals surface area contributed by atoms with E-state index in [0.717, 1.165) is 12.2 Å². The maximum atomic E-state index is 5.10. The van der Waals surface area contributed by atoms with Crippen LogP contribution in [0.15, 0.2) is 18.3 Å². The fraction of sp³-hybridized carbons (Fsp3) is 0.300. The van der Waals surface area contributed by atoms with E-state index in [2.05, 4.69) is 16.2 Å². The van der Waals surface area contributed by atoms with E-state index in [0.29, 0.717) is 6.54 Å². The number of hydrogen-bond donors (Lipinski definition) is 1. The maximum Gasteiger partial charge on any atom is 0.0576 e. The van der Waals surface area contributed by atoms with Gasteiger partial charge >= 0.3 is 0 Å². The molecular formula is C10H12N2. The monoisotopic (exact) mass is 160 g/mol. The molecule has 0 unspecified atom stereocenters. The zero-order chi connectivity index (χ0) is 8.81. The van der Waals surface area contributed by atoms with Gasteiger partial charge in [-0.3, -0.25) is 4.98 Å². The quantitative estimate of drug-likeness (QED) is 0.529. The predicted octanol–water partition coefficient (Wildman–Crippen LogP) is 1.11. The van der Waals surface area contributed by atoms with Crippen molar-refractivity contribution in [2.75, 3.05) is 6.54 Å². The third-order valence-electron chi connectivity index (χ3n) is 1.64. The Morgan fingerprint density at radius 2 is 2.50 bits per heavy atom. The first kappa shape index (κ1) is 8.76. The van der Waals surface area contributed by atoms with E-state index in [-0.39, 0.29) is 0 Å². The number of pyridine rings is 1. The summed E-state index contributed by atoms with van der Waals surface area (Å²) in [6.07, 6.45) is 6.89. The van der Waals surface area contributed by atoms with E-state index < -0.39 is 0 Å². The predicted molar refractivity (Wildman–Crippen MR) is 49.5 cm³/mol. The lowest BCUT2D eigenvalue weighted by atomic mass is 10.2. The number of hydrogen-bond acceptors (Lipinski definition) is 2. The Morgan fingerprint density at radius 3 is 3.17 bits per heavy atom. The Balaban J connectivity index is 2.53. The third-order valence-corrected chi connectivity index (χ3v) is 1.64. The molecule has 1 rings (SSSR count). The molecule has 1 aromatic rings. The minimum atomic E-state index is 0.593. The molecule has 62 valence electrons. The second-order valence-corrected chi connectivity index (χ2v) is 2.57. The molecule has 0 bridgehead atoms. The number of aromatic nitrogens is 1. The Labute approximate surface area is 73.0 Å². The highest BCUT2D eigenvalue weighted by Crippen LogP contribution is 2.01. The lowest BCUT2D eigenvalue weighted by Gasteiger charge is -2.02. The summed E-state index contributed by atoms with van der Waals surface area (Å²) in [5, 5.41) is 3.09. The number of rotatable bonds is 3. The summed E-state index contributed by atoms with van der Waals surface area (Å²) < 4.78 is 0. The van der Waals surface area contributed by atoms with Crippen LogP contribution < -0.4 is 5.32 Å². The van der Waals surface area contributed by atoms with Crippen LogP contribution in [0.5, 0.6) is 0 Å². The molecular weight excluding hydrogens is 148 g/mol. The first-order chi connectivity index (χ1) is 5.84. The molecule has 0 aliphatic rings. The molecule has 2 nitrogen and oxygen atoms in total. The third kappa shape index (κ3) is 2.37. The largest absolute Gasteiger partial charge is 0.301 e. The van der Waals surface area contributed by atoms with Crippen LogP contribution in [-0.4, -0.2) is 11.5 Å². The van der Waals surface area contributed by atoms with Gasteiger partial charge in [0.1, 0.15) is 0 Å². The van der Waals surface area contributed by atoms with Crippen molar-refractivity contribution in [1.29, 1.82) is 0 Å². The average molecular weight is 160 g/mol. The van der Waals surface area contributed by atoms with Crippen LogP contribution >= 0.6 is 0 Å². The van der Waals surface area contributed by atoms with Crippen LogP contribution in [0.3, 0.4) is 0 Å². The lowest BCUT2D eigenvalue weighted by Crippen LogP contribution is -2.14. The highest BCUT2D eigenvalue weighted by atomic mass is 14.9. The van der Waals surface area contributed by atoms with Gasteiger partial charge in [0.25, 0.3) is 0 Å². The fourth-order valence-electron chi connectivity index (χ4n) is 0.957. The van der Waals surface area contributed by atoms with Crippen LogP contribution in [0.25, 0.3) is 0 Å². The van der Waals surface area contributed by atoms with E-state index in [9.17, 15) is 0 Å². The molecule has 12 heavy (non-hydrogen) atoms. The Morgan fingerprint density at radius 1 is 1.67 bits per heavy atom. The van der Waals surface area contributed by atoms with Gasteiger partial charge in [-0.2, -0.15) is 0 Å². The van der Waals surface area contributed by atoms with Gasteiger partial charge in [-0.1, -0.05) is 12.0 Å². The Bertz CT molecular complexity index is 286. The molecule has 0 saturated heterocycles. The molecule has 0 fully saturated rings. The molecule has 1 N–H and O–H groups in total. The van der Waals surface area contributed by atoms with E-state index in [1.807, 2.05) is 19.1 Å². The summed E-state index contributed by atoms with van der Waals surface area (Å²) in [4.78, 5) is 4.22. The summed E-state index contributed by atoms with van der Waals surface area (Å²) in [6, 6.07) is 3.97. The summed E-state index contributed by atoms with van der Waals surface area (Å²) in [5.41, 5.74) is 2.26. The second-order valence-electron chi connectivity index (χ2n) is 2.57. The van der Waals surface area contributed by atoms with E-state index >= 15 is 0 Å². The van der Waals surface area contributed by atoms with Gasteiger partial charge in [-0.15, -0.1) is 6.42 Å². The average Bonchev–Trinajstić information content (AvgIpc) is 2.09. The van der Waals surface area contributed by atoms with E-state index in [1.165, 1.54) is 5.56 Å². The number of nitrogens with zero attached hydrogens (tertiary/aromatic N) is 1. The van der Waals surface area contributed by atoms with Gasteiger partial charge in [-0.05, 0) is 18.6 Å². The Kier molecular flexibility index (Phi) is 3.31. The molecule has 1 heterocycles. The van der Waals surface area contributed by atoms with Gasteiger partial charge in [0.15, 0.2) is 0 Å². The molecule has 0 radical (unpaired) electrons. The number of nitrogens with one attached hydrogen (secondary N) is 1. The van der Waals surface area contributed by atoms with Crippen LogP contribution in [0, 0.1) is 19.3 Å². The first-order valence-electron chi connectivity index (χ1n) is 3.89. The molecule has 1 aromatic heterocycles. The topological polar surface area (TPSA) is 24.9 Å². The van der Waals surface area contributed by atoms with Crippen LogP contribution in [0.1, 0.15) is 11.3 Å². The minimum absolute atomic E-state index is 0.593. The molecule has 0 aromatic carbocycles. The van der Waals surface area contributed by atoms with Crippen LogP contribution in [0.2, 0.25) is 0 Å². The van der Waals surface area contributed by atoms with Crippen molar-refractivity contribution >= 4 is 0 Å². The van der Waals surface area contributed by atoms with Crippen molar-refractivity contribution in [3.8, 4) is 12.3 Å². The van der Waals surface area contributed by atoms with Gasteiger partial charge < -0.3 is 5.32 Å². The van der Waals surface area contributed by atoms with Crippen molar-refractivity contribution in [3.63, 3.8) is 0 Å². The number of aryl methyl sites for hydroxylation is 1. The lowest BCUT2D eigenvalue weighted by molar-refractivity contribution is 0.744. The molecule has 0 aliphatic carbocycles. The normalized spacial score (nSPS) is 9.33. The van der Waals surface area contributed by atoms with Crippen LogP contribution in [0.4, 0.5) is 0 Å². The summed E-state index contributed by atoms with van der Waals surface area (Å²) >= 11 is 0. The van der Waals surface area contributed by atoms with Gasteiger partial charge in [-0.25, -0.2) is 0 Å².